The lowest BCUT2D eigenvalue weighted by molar-refractivity contribution is 0.407. The van der Waals surface area contributed by atoms with E-state index in [1.165, 1.54) is 17.8 Å². The minimum Gasteiger partial charge on any atom is -0.496 e. The summed E-state index contributed by atoms with van der Waals surface area (Å²) >= 11 is 1.53. The van der Waals surface area contributed by atoms with Gasteiger partial charge in [0.25, 0.3) is 0 Å². The molecule has 112 valence electrons. The van der Waals surface area contributed by atoms with E-state index in [1.54, 1.807) is 13.2 Å². The van der Waals surface area contributed by atoms with Crippen LogP contribution in [-0.2, 0) is 6.42 Å². The predicted molar refractivity (Wildman–Crippen MR) is 86.7 cm³/mol. The molecular formula is C17H20FNOS. The van der Waals surface area contributed by atoms with E-state index in [4.69, 9.17) is 4.74 Å². The highest BCUT2D eigenvalue weighted by atomic mass is 32.2. The number of hydrogen-bond donors (Lipinski definition) is 1. The number of ether oxygens (including phenoxy) is 1. The SMILES string of the molecule is CNC(CSc1ccccc1F)Cc1ccccc1OC. The van der Waals surface area contributed by atoms with E-state index in [9.17, 15) is 4.39 Å². The van der Waals surface area contributed by atoms with Crippen LogP contribution in [0.4, 0.5) is 4.39 Å². The van der Waals surface area contributed by atoms with Gasteiger partial charge in [0.15, 0.2) is 0 Å². The Morgan fingerprint density at radius 3 is 2.57 bits per heavy atom. The van der Waals surface area contributed by atoms with Crippen LogP contribution in [-0.4, -0.2) is 26.0 Å². The van der Waals surface area contributed by atoms with Gasteiger partial charge in [0, 0.05) is 16.7 Å². The number of thioether (sulfide) groups is 1. The Labute approximate surface area is 129 Å². The topological polar surface area (TPSA) is 21.3 Å². The van der Waals surface area contributed by atoms with Crippen molar-refractivity contribution in [2.45, 2.75) is 17.4 Å². The summed E-state index contributed by atoms with van der Waals surface area (Å²) in [5.41, 5.74) is 1.16. The number of para-hydroxylation sites is 1. The van der Waals surface area contributed by atoms with Crippen molar-refractivity contribution >= 4 is 11.8 Å². The van der Waals surface area contributed by atoms with Crippen molar-refractivity contribution in [3.8, 4) is 5.75 Å². The summed E-state index contributed by atoms with van der Waals surface area (Å²) in [7, 11) is 3.61. The van der Waals surface area contributed by atoms with Crippen LogP contribution >= 0.6 is 11.8 Å². The van der Waals surface area contributed by atoms with E-state index in [-0.39, 0.29) is 11.9 Å². The molecular weight excluding hydrogens is 285 g/mol. The fourth-order valence-electron chi connectivity index (χ4n) is 2.13. The first kappa shape index (κ1) is 15.9. The first-order valence-electron chi connectivity index (χ1n) is 6.91. The molecule has 0 aromatic heterocycles. The number of likely N-dealkylation sites (N-methyl/N-ethyl adjacent to an activating group) is 1. The van der Waals surface area contributed by atoms with Crippen LogP contribution in [0.5, 0.6) is 5.75 Å². The zero-order valence-electron chi connectivity index (χ0n) is 12.3. The third-order valence-corrected chi connectivity index (χ3v) is 4.55. The smallest absolute Gasteiger partial charge is 0.136 e. The monoisotopic (exact) mass is 305 g/mol. The minimum atomic E-state index is -0.158. The highest BCUT2D eigenvalue weighted by molar-refractivity contribution is 7.99. The summed E-state index contributed by atoms with van der Waals surface area (Å²) in [5.74, 6) is 1.54. The highest BCUT2D eigenvalue weighted by Gasteiger charge is 2.12. The molecule has 0 radical (unpaired) electrons. The third kappa shape index (κ3) is 4.48. The van der Waals surface area contributed by atoms with E-state index in [1.807, 2.05) is 37.4 Å². The molecule has 0 bridgehead atoms. The van der Waals surface area contributed by atoms with Crippen LogP contribution < -0.4 is 10.1 Å². The Hall–Kier alpha value is -1.52. The zero-order valence-corrected chi connectivity index (χ0v) is 13.1. The third-order valence-electron chi connectivity index (χ3n) is 3.34. The van der Waals surface area contributed by atoms with Gasteiger partial charge in [0.2, 0.25) is 0 Å². The van der Waals surface area contributed by atoms with Gasteiger partial charge in [0.05, 0.1) is 7.11 Å². The van der Waals surface area contributed by atoms with E-state index < -0.39 is 0 Å². The predicted octanol–water partition coefficient (Wildman–Crippen LogP) is 3.76. The molecule has 0 aliphatic rings. The van der Waals surface area contributed by atoms with Crippen molar-refractivity contribution in [2.24, 2.45) is 0 Å². The van der Waals surface area contributed by atoms with Gasteiger partial charge in [0.1, 0.15) is 11.6 Å². The molecule has 0 saturated carbocycles. The number of methoxy groups -OCH3 is 1. The van der Waals surface area contributed by atoms with Crippen molar-refractivity contribution in [2.75, 3.05) is 19.9 Å². The van der Waals surface area contributed by atoms with Crippen LogP contribution in [0, 0.1) is 5.82 Å². The Balaban J connectivity index is 1.99. The van der Waals surface area contributed by atoms with Crippen molar-refractivity contribution in [3.05, 3.63) is 59.9 Å². The molecule has 2 nitrogen and oxygen atoms in total. The van der Waals surface area contributed by atoms with Crippen LogP contribution in [0.3, 0.4) is 0 Å². The van der Waals surface area contributed by atoms with Crippen LogP contribution in [0.25, 0.3) is 0 Å². The van der Waals surface area contributed by atoms with Crippen LogP contribution in [0.2, 0.25) is 0 Å². The Morgan fingerprint density at radius 1 is 1.14 bits per heavy atom. The van der Waals surface area contributed by atoms with Crippen LogP contribution in [0.15, 0.2) is 53.4 Å². The first-order chi connectivity index (χ1) is 10.2. The molecule has 1 N–H and O–H groups in total. The fourth-order valence-corrected chi connectivity index (χ4v) is 3.18. The molecule has 2 rings (SSSR count). The van der Waals surface area contributed by atoms with Gasteiger partial charge in [-0.2, -0.15) is 0 Å². The molecule has 1 atom stereocenters. The Morgan fingerprint density at radius 2 is 1.86 bits per heavy atom. The summed E-state index contributed by atoms with van der Waals surface area (Å²) in [4.78, 5) is 0.692. The number of nitrogens with one attached hydrogen (secondary N) is 1. The number of rotatable bonds is 7. The van der Waals surface area contributed by atoms with Gasteiger partial charge in [-0.3, -0.25) is 0 Å². The molecule has 2 aromatic rings. The van der Waals surface area contributed by atoms with E-state index >= 15 is 0 Å². The summed E-state index contributed by atoms with van der Waals surface area (Å²) in [6.45, 7) is 0. The summed E-state index contributed by atoms with van der Waals surface area (Å²) in [6, 6.07) is 15.1. The molecule has 0 spiro atoms. The standard InChI is InChI=1S/C17H20FNOS/c1-19-14(11-13-7-3-5-9-16(13)20-2)12-21-17-10-6-4-8-15(17)18/h3-10,14,19H,11-12H2,1-2H3. The molecule has 0 fully saturated rings. The van der Waals surface area contributed by atoms with Crippen molar-refractivity contribution < 1.29 is 9.13 Å². The maximum Gasteiger partial charge on any atom is 0.136 e. The maximum absolute atomic E-state index is 13.6. The number of halogens is 1. The molecule has 4 heteroatoms. The fraction of sp³-hybridized carbons (Fsp3) is 0.294. The summed E-state index contributed by atoms with van der Waals surface area (Å²) in [6.07, 6.45) is 0.849. The van der Waals surface area contributed by atoms with Gasteiger partial charge in [-0.15, -0.1) is 11.8 Å². The second kappa shape index (κ2) is 8.05. The van der Waals surface area contributed by atoms with Crippen molar-refractivity contribution in [1.82, 2.24) is 5.32 Å². The van der Waals surface area contributed by atoms with Crippen molar-refractivity contribution in [3.63, 3.8) is 0 Å². The number of hydrogen-bond acceptors (Lipinski definition) is 3. The normalized spacial score (nSPS) is 12.1. The van der Waals surface area contributed by atoms with E-state index in [2.05, 4.69) is 11.4 Å². The first-order valence-corrected chi connectivity index (χ1v) is 7.89. The van der Waals surface area contributed by atoms with Gasteiger partial charge in [-0.05, 0) is 37.2 Å². The summed E-state index contributed by atoms with van der Waals surface area (Å²) < 4.78 is 19.0. The second-order valence-corrected chi connectivity index (χ2v) is 5.80. The van der Waals surface area contributed by atoms with E-state index in [0.717, 1.165) is 23.5 Å². The van der Waals surface area contributed by atoms with Gasteiger partial charge >= 0.3 is 0 Å². The van der Waals surface area contributed by atoms with Crippen molar-refractivity contribution in [1.29, 1.82) is 0 Å². The molecule has 2 aromatic carbocycles. The largest absolute Gasteiger partial charge is 0.496 e. The second-order valence-electron chi connectivity index (χ2n) is 4.74. The molecule has 0 saturated heterocycles. The molecule has 21 heavy (non-hydrogen) atoms. The Kier molecular flexibility index (Phi) is 6.08. The highest BCUT2D eigenvalue weighted by Crippen LogP contribution is 2.24. The average molecular weight is 305 g/mol. The number of benzene rings is 2. The zero-order chi connectivity index (χ0) is 15.1. The minimum absolute atomic E-state index is 0.158. The van der Waals surface area contributed by atoms with Gasteiger partial charge < -0.3 is 10.1 Å². The Bertz CT molecular complexity index is 576. The van der Waals surface area contributed by atoms with Crippen LogP contribution in [0.1, 0.15) is 5.56 Å². The lowest BCUT2D eigenvalue weighted by Crippen LogP contribution is -2.30. The quantitative estimate of drug-likeness (QED) is 0.787. The molecule has 0 amide bonds. The average Bonchev–Trinajstić information content (AvgIpc) is 2.53. The molecule has 1 unspecified atom stereocenters. The lowest BCUT2D eigenvalue weighted by Gasteiger charge is -2.17. The molecule has 0 heterocycles. The summed E-state index contributed by atoms with van der Waals surface area (Å²) in [5, 5.41) is 3.29. The van der Waals surface area contributed by atoms with Gasteiger partial charge in [-0.1, -0.05) is 30.3 Å². The molecule has 0 aliphatic heterocycles. The van der Waals surface area contributed by atoms with Gasteiger partial charge in [-0.25, -0.2) is 4.39 Å². The maximum atomic E-state index is 13.6. The molecule has 0 aliphatic carbocycles. The lowest BCUT2D eigenvalue weighted by atomic mass is 10.1. The van der Waals surface area contributed by atoms with E-state index in [0.29, 0.717) is 4.90 Å².